The van der Waals surface area contributed by atoms with Gasteiger partial charge in [-0.15, -0.1) is 11.3 Å². The van der Waals surface area contributed by atoms with Gasteiger partial charge in [-0.05, 0) is 100 Å². The van der Waals surface area contributed by atoms with E-state index in [-0.39, 0.29) is 6.23 Å². The van der Waals surface area contributed by atoms with Crippen molar-refractivity contribution in [3.8, 4) is 17.0 Å². The van der Waals surface area contributed by atoms with Crippen LogP contribution in [0.25, 0.3) is 22.2 Å². The van der Waals surface area contributed by atoms with E-state index in [0.717, 1.165) is 44.3 Å². The highest BCUT2D eigenvalue weighted by Crippen LogP contribution is 2.48. The lowest BCUT2D eigenvalue weighted by molar-refractivity contribution is 0.00578. The van der Waals surface area contributed by atoms with Gasteiger partial charge in [-0.25, -0.2) is 0 Å². The maximum Gasteiger partial charge on any atom is 0.494 e. The van der Waals surface area contributed by atoms with Crippen molar-refractivity contribution in [2.24, 2.45) is 0 Å². The van der Waals surface area contributed by atoms with Gasteiger partial charge in [-0.1, -0.05) is 17.7 Å². The summed E-state index contributed by atoms with van der Waals surface area (Å²) in [6.45, 7) is 8.32. The zero-order valence-corrected chi connectivity index (χ0v) is 21.9. The van der Waals surface area contributed by atoms with Crippen molar-refractivity contribution < 1.29 is 14.0 Å². The summed E-state index contributed by atoms with van der Waals surface area (Å²) in [6.07, 6.45) is 2.35. The van der Waals surface area contributed by atoms with Crippen LogP contribution >= 0.6 is 22.9 Å². The van der Waals surface area contributed by atoms with Crippen molar-refractivity contribution >= 4 is 46.4 Å². The van der Waals surface area contributed by atoms with Gasteiger partial charge in [0.1, 0.15) is 5.75 Å². The van der Waals surface area contributed by atoms with Gasteiger partial charge >= 0.3 is 7.12 Å². The van der Waals surface area contributed by atoms with Gasteiger partial charge in [0.25, 0.3) is 0 Å². The molecule has 0 amide bonds. The molecule has 35 heavy (non-hydrogen) atoms. The van der Waals surface area contributed by atoms with Gasteiger partial charge in [0.05, 0.1) is 27.3 Å². The fourth-order valence-corrected chi connectivity index (χ4v) is 6.47. The average Bonchev–Trinajstić information content (AvgIpc) is 3.33. The van der Waals surface area contributed by atoms with E-state index in [9.17, 15) is 0 Å². The van der Waals surface area contributed by atoms with Crippen LogP contribution in [0.4, 0.5) is 0 Å². The van der Waals surface area contributed by atoms with Gasteiger partial charge in [0, 0.05) is 20.8 Å². The summed E-state index contributed by atoms with van der Waals surface area (Å²) in [5.74, 6) is 1.57. The van der Waals surface area contributed by atoms with Gasteiger partial charge in [0.15, 0.2) is 0 Å². The second kappa shape index (κ2) is 7.39. The monoisotopic (exact) mass is 503 g/mol. The first-order chi connectivity index (χ1) is 16.7. The van der Waals surface area contributed by atoms with E-state index in [0.29, 0.717) is 0 Å². The van der Waals surface area contributed by atoms with E-state index < -0.39 is 18.3 Å². The Kier molecular flexibility index (Phi) is 4.64. The molecule has 1 saturated heterocycles. The van der Waals surface area contributed by atoms with Crippen LogP contribution in [0.15, 0.2) is 54.6 Å². The Morgan fingerprint density at radius 1 is 0.914 bits per heavy atom. The van der Waals surface area contributed by atoms with Crippen LogP contribution in [0.5, 0.6) is 5.75 Å². The Morgan fingerprint density at radius 2 is 1.66 bits per heavy atom. The van der Waals surface area contributed by atoms with Crippen LogP contribution in [0.2, 0.25) is 5.02 Å². The lowest BCUT2D eigenvalue weighted by Crippen LogP contribution is -2.41. The van der Waals surface area contributed by atoms with Crippen molar-refractivity contribution in [3.05, 3.63) is 69.4 Å². The number of rotatable bonds is 3. The molecular weight excluding hydrogens is 477 g/mol. The van der Waals surface area contributed by atoms with Gasteiger partial charge < -0.3 is 14.0 Å². The molecule has 1 unspecified atom stereocenters. The molecule has 4 nitrogen and oxygen atoms in total. The van der Waals surface area contributed by atoms with Crippen LogP contribution in [0.3, 0.4) is 0 Å². The fraction of sp³-hybridized carbons (Fsp3) is 0.357. The number of fused-ring (bicyclic) bond motifs is 5. The fourth-order valence-electron chi connectivity index (χ4n) is 5.09. The SMILES string of the molecule is CC1(C)OB(c2ccc3c(c2)OC(c2ccc(C4CC4)s2)n2c-3cc3cc(Cl)ccc32)OC1(C)C. The van der Waals surface area contributed by atoms with Gasteiger partial charge in [-0.3, -0.25) is 4.57 Å². The highest BCUT2D eigenvalue weighted by Gasteiger charge is 2.52. The summed E-state index contributed by atoms with van der Waals surface area (Å²) in [6, 6.07) is 19.1. The number of halogens is 1. The van der Waals surface area contributed by atoms with Crippen molar-refractivity contribution in [2.75, 3.05) is 0 Å². The third kappa shape index (κ3) is 3.41. The first-order valence-electron chi connectivity index (χ1n) is 12.3. The Balaban J connectivity index is 1.36. The van der Waals surface area contributed by atoms with Gasteiger partial charge in [0.2, 0.25) is 6.23 Å². The normalized spacial score (nSPS) is 22.2. The second-order valence-corrected chi connectivity index (χ2v) is 12.5. The Bertz CT molecular complexity index is 1470. The van der Waals surface area contributed by atoms with E-state index in [1.54, 1.807) is 0 Å². The number of aromatic nitrogens is 1. The van der Waals surface area contributed by atoms with Crippen molar-refractivity contribution in [2.45, 2.75) is 63.9 Å². The topological polar surface area (TPSA) is 32.6 Å². The molecule has 0 bridgehead atoms. The second-order valence-electron chi connectivity index (χ2n) is 10.9. The molecule has 2 fully saturated rings. The summed E-state index contributed by atoms with van der Waals surface area (Å²) >= 11 is 8.23. The highest BCUT2D eigenvalue weighted by atomic mass is 35.5. The zero-order valence-electron chi connectivity index (χ0n) is 20.3. The molecule has 0 radical (unpaired) electrons. The minimum atomic E-state index is -0.429. The van der Waals surface area contributed by atoms with Crippen molar-refractivity contribution in [3.63, 3.8) is 0 Å². The van der Waals surface area contributed by atoms with E-state index >= 15 is 0 Å². The number of hydrogen-bond acceptors (Lipinski definition) is 4. The van der Waals surface area contributed by atoms with Crippen LogP contribution in [-0.2, 0) is 9.31 Å². The molecule has 1 saturated carbocycles. The van der Waals surface area contributed by atoms with E-state index in [1.165, 1.54) is 22.6 Å². The number of thiophene rings is 1. The first kappa shape index (κ1) is 22.0. The molecule has 7 heteroatoms. The van der Waals surface area contributed by atoms with Crippen LogP contribution < -0.4 is 10.2 Å². The molecule has 7 rings (SSSR count). The number of benzene rings is 2. The number of hydrogen-bond donors (Lipinski definition) is 0. The van der Waals surface area contributed by atoms with Crippen LogP contribution in [0.1, 0.15) is 62.4 Å². The molecule has 1 aliphatic carbocycles. The minimum Gasteiger partial charge on any atom is -0.464 e. The molecule has 4 aromatic rings. The molecule has 2 aromatic heterocycles. The molecule has 4 heterocycles. The third-order valence-corrected chi connectivity index (χ3v) is 9.47. The number of ether oxygens (including phenoxy) is 1. The molecule has 1 atom stereocenters. The molecule has 2 aliphatic heterocycles. The van der Waals surface area contributed by atoms with Crippen LogP contribution in [0, 0.1) is 0 Å². The molecule has 3 aliphatic rings. The highest BCUT2D eigenvalue weighted by molar-refractivity contribution is 7.12. The maximum absolute atomic E-state index is 6.79. The minimum absolute atomic E-state index is 0.234. The molecule has 2 aromatic carbocycles. The maximum atomic E-state index is 6.79. The summed E-state index contributed by atoms with van der Waals surface area (Å²) in [7, 11) is -0.429. The Labute approximate surface area is 214 Å². The quantitative estimate of drug-likeness (QED) is 0.279. The van der Waals surface area contributed by atoms with E-state index in [1.807, 2.05) is 23.5 Å². The Morgan fingerprint density at radius 3 is 2.40 bits per heavy atom. The Hall–Kier alpha value is -2.25. The lowest BCUT2D eigenvalue weighted by Gasteiger charge is -2.32. The van der Waals surface area contributed by atoms with Crippen LogP contribution in [-0.4, -0.2) is 22.9 Å². The summed E-state index contributed by atoms with van der Waals surface area (Å²) in [4.78, 5) is 2.67. The molecule has 0 N–H and O–H groups in total. The molecular formula is C28H27BClNO3S. The predicted molar refractivity (Wildman–Crippen MR) is 143 cm³/mol. The molecule has 178 valence electrons. The largest absolute Gasteiger partial charge is 0.494 e. The van der Waals surface area contributed by atoms with Gasteiger partial charge in [-0.2, -0.15) is 0 Å². The van der Waals surface area contributed by atoms with Crippen molar-refractivity contribution in [1.82, 2.24) is 4.57 Å². The number of nitrogens with zero attached hydrogens (tertiary/aromatic N) is 1. The summed E-state index contributed by atoms with van der Waals surface area (Å²) in [5.41, 5.74) is 3.51. The summed E-state index contributed by atoms with van der Waals surface area (Å²) in [5, 5.41) is 1.85. The van der Waals surface area contributed by atoms with E-state index in [2.05, 4.69) is 74.7 Å². The predicted octanol–water partition coefficient (Wildman–Crippen LogP) is 7.14. The summed E-state index contributed by atoms with van der Waals surface area (Å²) < 4.78 is 21.7. The standard InChI is InChI=1S/C28H27BClNO3S/c1-27(2)28(3,4)34-29(33-27)18-7-9-20-22-14-17-13-19(30)8-10-21(17)31(22)26(32-23(20)15-18)25-12-11-24(35-25)16-5-6-16/h7-16,26H,5-6H2,1-4H3. The van der Waals surface area contributed by atoms with Crippen molar-refractivity contribution in [1.29, 1.82) is 0 Å². The third-order valence-electron chi connectivity index (χ3n) is 7.95. The smallest absolute Gasteiger partial charge is 0.464 e. The lowest BCUT2D eigenvalue weighted by atomic mass is 9.78. The zero-order chi connectivity index (χ0) is 24.1. The average molecular weight is 504 g/mol. The van der Waals surface area contributed by atoms with E-state index in [4.69, 9.17) is 25.6 Å². The molecule has 0 spiro atoms. The first-order valence-corrected chi connectivity index (χ1v) is 13.5.